The fourth-order valence-electron chi connectivity index (χ4n) is 3.96. The minimum absolute atomic E-state index is 0.875. The smallest absolute Gasteiger partial charge is 0.116 e. The lowest BCUT2D eigenvalue weighted by Crippen LogP contribution is -1.88. The van der Waals surface area contributed by atoms with E-state index in [1.807, 2.05) is 50.6 Å². The van der Waals surface area contributed by atoms with Gasteiger partial charge in [0.15, 0.2) is 0 Å². The monoisotopic (exact) mass is 417 g/mol. The van der Waals surface area contributed by atoms with Gasteiger partial charge in [-0.1, -0.05) is 42.5 Å². The van der Waals surface area contributed by atoms with Crippen molar-refractivity contribution in [3.8, 4) is 22.5 Å². The molecule has 0 aliphatic carbocycles. The van der Waals surface area contributed by atoms with Crippen molar-refractivity contribution >= 4 is 27.4 Å². The van der Waals surface area contributed by atoms with Crippen molar-refractivity contribution in [2.24, 2.45) is 0 Å². The molecule has 4 aromatic heterocycles. The number of nitrogens with zero attached hydrogens (tertiary/aromatic N) is 3. The predicted octanol–water partition coefficient (Wildman–Crippen LogP) is 6.70. The van der Waals surface area contributed by atoms with Crippen LogP contribution < -0.4 is 0 Å². The van der Waals surface area contributed by atoms with Gasteiger partial charge in [0.2, 0.25) is 0 Å². The van der Waals surface area contributed by atoms with Gasteiger partial charge in [0, 0.05) is 28.7 Å². The highest BCUT2D eigenvalue weighted by atomic mass is 15.1. The molecule has 5 heteroatoms. The minimum atomic E-state index is 0.875. The lowest BCUT2D eigenvalue weighted by atomic mass is 10.0. The molecule has 0 aliphatic rings. The van der Waals surface area contributed by atoms with E-state index in [0.29, 0.717) is 0 Å². The summed E-state index contributed by atoms with van der Waals surface area (Å²) in [6, 6.07) is 14.6. The van der Waals surface area contributed by atoms with Gasteiger partial charge in [-0.3, -0.25) is 15.1 Å². The number of H-pyrrole nitrogens is 2. The van der Waals surface area contributed by atoms with Gasteiger partial charge in [-0.25, -0.2) is 0 Å². The van der Waals surface area contributed by atoms with Gasteiger partial charge in [0.25, 0.3) is 0 Å². The number of pyridine rings is 2. The number of allylic oxidation sites excluding steroid dienone is 5. The number of aromatic amines is 2. The fraction of sp³-hybridized carbons (Fsp3) is 0.0741. The van der Waals surface area contributed by atoms with E-state index in [-0.39, 0.29) is 0 Å². The van der Waals surface area contributed by atoms with Crippen molar-refractivity contribution in [3.63, 3.8) is 0 Å². The number of aromatic nitrogens is 5. The predicted molar refractivity (Wildman–Crippen MR) is 132 cm³/mol. The van der Waals surface area contributed by atoms with Crippen LogP contribution >= 0.6 is 0 Å². The van der Waals surface area contributed by atoms with E-state index in [9.17, 15) is 0 Å². The van der Waals surface area contributed by atoms with Crippen LogP contribution in [0.15, 0.2) is 91.4 Å². The lowest BCUT2D eigenvalue weighted by Gasteiger charge is -2.03. The third-order valence-corrected chi connectivity index (χ3v) is 5.67. The maximum atomic E-state index is 4.63. The van der Waals surface area contributed by atoms with Gasteiger partial charge in [-0.05, 0) is 60.9 Å². The van der Waals surface area contributed by atoms with Gasteiger partial charge in [0.1, 0.15) is 5.69 Å². The van der Waals surface area contributed by atoms with Crippen LogP contribution in [0.25, 0.3) is 49.9 Å². The summed E-state index contributed by atoms with van der Waals surface area (Å²) in [6.07, 6.45) is 11.5. The first-order chi connectivity index (χ1) is 15.7. The molecule has 5 rings (SSSR count). The summed E-state index contributed by atoms with van der Waals surface area (Å²) in [5.41, 5.74) is 9.14. The van der Waals surface area contributed by atoms with Gasteiger partial charge in [-0.15, -0.1) is 0 Å². The fourth-order valence-corrected chi connectivity index (χ4v) is 3.96. The molecule has 0 aliphatic heterocycles. The van der Waals surface area contributed by atoms with E-state index in [2.05, 4.69) is 74.2 Å². The first-order valence-electron chi connectivity index (χ1n) is 10.5. The van der Waals surface area contributed by atoms with Crippen LogP contribution in [0.1, 0.15) is 19.5 Å². The molecule has 1 aromatic carbocycles. The maximum absolute atomic E-state index is 4.63. The summed E-state index contributed by atoms with van der Waals surface area (Å²) >= 11 is 0. The summed E-state index contributed by atoms with van der Waals surface area (Å²) in [6.45, 7) is 7.90. The highest BCUT2D eigenvalue weighted by Crippen LogP contribution is 2.34. The summed E-state index contributed by atoms with van der Waals surface area (Å²) in [5, 5.41) is 9.91. The van der Waals surface area contributed by atoms with Crippen LogP contribution in [0.2, 0.25) is 0 Å². The average Bonchev–Trinajstić information content (AvgIpc) is 3.46. The largest absolute Gasteiger partial charge is 0.353 e. The van der Waals surface area contributed by atoms with E-state index in [1.54, 1.807) is 0 Å². The first kappa shape index (κ1) is 19.7. The second kappa shape index (κ2) is 8.12. The Morgan fingerprint density at radius 2 is 1.88 bits per heavy atom. The number of rotatable bonds is 5. The molecule has 0 radical (unpaired) electrons. The Hall–Kier alpha value is -4.25. The lowest BCUT2D eigenvalue weighted by molar-refractivity contribution is 1.11. The van der Waals surface area contributed by atoms with Gasteiger partial charge in [-0.2, -0.15) is 5.10 Å². The van der Waals surface area contributed by atoms with Crippen LogP contribution in [0.3, 0.4) is 0 Å². The highest BCUT2D eigenvalue weighted by molar-refractivity contribution is 6.01. The minimum Gasteiger partial charge on any atom is -0.353 e. The maximum Gasteiger partial charge on any atom is 0.116 e. The van der Waals surface area contributed by atoms with E-state index in [4.69, 9.17) is 0 Å². The van der Waals surface area contributed by atoms with Crippen LogP contribution in [0.5, 0.6) is 0 Å². The molecular weight excluding hydrogens is 394 g/mol. The third-order valence-electron chi connectivity index (χ3n) is 5.67. The summed E-state index contributed by atoms with van der Waals surface area (Å²) in [4.78, 5) is 12.3. The van der Waals surface area contributed by atoms with E-state index < -0.39 is 0 Å². The SMILES string of the molecule is C=C/C(C)=C\C(=C/C)c1cc2c(-c3cc4c(-c5ccncc5)cccc4[nH]3)n[nH]c2cn1. The third kappa shape index (κ3) is 3.44. The van der Waals surface area contributed by atoms with Crippen LogP contribution in [-0.4, -0.2) is 25.1 Å². The molecule has 2 N–H and O–H groups in total. The standard InChI is InChI=1S/C27H23N5/c1-4-17(3)13-18(5-2)24-15-22-26(16-29-24)31-32-27(22)25-14-21-20(7-6-8-23(21)30-25)19-9-11-28-12-10-19/h4-16,30H,1H2,2-3H3,(H,31,32)/b17-13-,18-5+. The molecule has 0 saturated carbocycles. The van der Waals surface area contributed by atoms with Crippen LogP contribution in [-0.2, 0) is 0 Å². The molecule has 0 saturated heterocycles. The van der Waals surface area contributed by atoms with E-state index in [1.165, 1.54) is 0 Å². The second-order valence-electron chi connectivity index (χ2n) is 7.71. The van der Waals surface area contributed by atoms with Crippen molar-refractivity contribution in [1.82, 2.24) is 25.1 Å². The summed E-state index contributed by atoms with van der Waals surface area (Å²) < 4.78 is 0. The normalized spacial score (nSPS) is 12.6. The number of benzene rings is 1. The molecule has 0 fully saturated rings. The molecule has 5 aromatic rings. The summed E-state index contributed by atoms with van der Waals surface area (Å²) in [7, 11) is 0. The number of hydrogen-bond acceptors (Lipinski definition) is 3. The van der Waals surface area contributed by atoms with Crippen LogP contribution in [0.4, 0.5) is 0 Å². The molecule has 156 valence electrons. The quantitative estimate of drug-likeness (QED) is 0.312. The molecule has 5 nitrogen and oxygen atoms in total. The van der Waals surface area contributed by atoms with Crippen LogP contribution in [0, 0.1) is 0 Å². The Morgan fingerprint density at radius 3 is 2.66 bits per heavy atom. The number of nitrogens with one attached hydrogen (secondary N) is 2. The van der Waals surface area contributed by atoms with Gasteiger partial charge >= 0.3 is 0 Å². The number of fused-ring (bicyclic) bond motifs is 2. The average molecular weight is 418 g/mol. The molecule has 0 bridgehead atoms. The van der Waals surface area contributed by atoms with Gasteiger partial charge in [0.05, 0.1) is 23.1 Å². The zero-order valence-corrected chi connectivity index (χ0v) is 18.1. The first-order valence-corrected chi connectivity index (χ1v) is 10.5. The second-order valence-corrected chi connectivity index (χ2v) is 7.71. The van der Waals surface area contributed by atoms with Gasteiger partial charge < -0.3 is 4.98 Å². The molecule has 0 unspecified atom stereocenters. The Bertz CT molecular complexity index is 1500. The zero-order chi connectivity index (χ0) is 22.1. The highest BCUT2D eigenvalue weighted by Gasteiger charge is 2.15. The topological polar surface area (TPSA) is 70.2 Å². The molecular formula is C27H23N5. The van der Waals surface area contributed by atoms with Crippen molar-refractivity contribution in [2.75, 3.05) is 0 Å². The molecule has 0 amide bonds. The van der Waals surface area contributed by atoms with Crippen molar-refractivity contribution in [3.05, 3.63) is 97.1 Å². The number of hydrogen-bond donors (Lipinski definition) is 2. The Morgan fingerprint density at radius 1 is 1.03 bits per heavy atom. The van der Waals surface area contributed by atoms with Crippen molar-refractivity contribution in [2.45, 2.75) is 13.8 Å². The zero-order valence-electron chi connectivity index (χ0n) is 18.1. The Labute approximate surface area is 186 Å². The molecule has 4 heterocycles. The summed E-state index contributed by atoms with van der Waals surface area (Å²) in [5.74, 6) is 0. The van der Waals surface area contributed by atoms with E-state index in [0.717, 1.165) is 61.2 Å². The Kier molecular flexibility index (Phi) is 5.00. The van der Waals surface area contributed by atoms with Crippen molar-refractivity contribution in [1.29, 1.82) is 0 Å². The Balaban J connectivity index is 1.65. The van der Waals surface area contributed by atoms with Crippen molar-refractivity contribution < 1.29 is 0 Å². The molecule has 0 atom stereocenters. The molecule has 32 heavy (non-hydrogen) atoms. The molecule has 0 spiro atoms. The van der Waals surface area contributed by atoms with E-state index >= 15 is 0 Å².